The van der Waals surface area contributed by atoms with Gasteiger partial charge in [-0.25, -0.2) is 0 Å². The standard InChI is InChI=1S/C65H42N2S/c1-4-19-45(20-5-1)65(58-29-15-12-26-52(58)53-27-13-16-30-59(53)65)46-33-35-49(36-34-46)66(47-21-6-2-7-22-47)50-37-38-60-57(42-50)63-55(44-32-39-62-56(41-44)54-28-14-17-31-61(54)68-62)40-43-18-10-11-25-51(43)64(63)67(60)48-23-8-3-9-24-48/h1-42H. The Hall–Kier alpha value is -8.50. The minimum absolute atomic E-state index is 0.472. The van der Waals surface area contributed by atoms with Gasteiger partial charge in [0.2, 0.25) is 0 Å². The maximum atomic E-state index is 2.49. The summed E-state index contributed by atoms with van der Waals surface area (Å²) in [7, 11) is 0. The average molecular weight is 883 g/mol. The number of fused-ring (bicyclic) bond motifs is 11. The molecule has 2 aromatic heterocycles. The predicted octanol–water partition coefficient (Wildman–Crippen LogP) is 17.8. The maximum Gasteiger partial charge on any atom is 0.0713 e. The summed E-state index contributed by atoms with van der Waals surface area (Å²) in [6.45, 7) is 0. The number of thiophene rings is 1. The molecule has 2 heterocycles. The Labute approximate surface area is 398 Å². The number of aromatic nitrogens is 1. The third kappa shape index (κ3) is 5.70. The maximum absolute atomic E-state index is 2.49. The van der Waals surface area contributed by atoms with E-state index in [4.69, 9.17) is 0 Å². The zero-order chi connectivity index (χ0) is 44.8. The van der Waals surface area contributed by atoms with E-state index in [1.54, 1.807) is 0 Å². The lowest BCUT2D eigenvalue weighted by atomic mass is 9.68. The summed E-state index contributed by atoms with van der Waals surface area (Å²) in [5.74, 6) is 0. The van der Waals surface area contributed by atoms with Gasteiger partial charge in [0.05, 0.1) is 16.4 Å². The van der Waals surface area contributed by atoms with E-state index in [9.17, 15) is 0 Å². The predicted molar refractivity (Wildman–Crippen MR) is 289 cm³/mol. The fraction of sp³-hybridized carbons (Fsp3) is 0.0154. The van der Waals surface area contributed by atoms with Gasteiger partial charge >= 0.3 is 0 Å². The molecule has 13 aromatic rings. The number of anilines is 3. The van der Waals surface area contributed by atoms with Crippen LogP contribution >= 0.6 is 11.3 Å². The van der Waals surface area contributed by atoms with E-state index < -0.39 is 5.41 Å². The Kier molecular flexibility index (Phi) is 8.71. The summed E-state index contributed by atoms with van der Waals surface area (Å²) in [6, 6.07) is 94.3. The first kappa shape index (κ1) is 38.7. The number of rotatable bonds is 7. The molecule has 0 bridgehead atoms. The molecule has 1 aliphatic carbocycles. The van der Waals surface area contributed by atoms with Crippen molar-refractivity contribution in [2.45, 2.75) is 5.41 Å². The molecule has 0 amide bonds. The second-order valence-electron chi connectivity index (χ2n) is 18.0. The molecule has 0 spiro atoms. The van der Waals surface area contributed by atoms with Gasteiger partial charge in [-0.3, -0.25) is 0 Å². The van der Waals surface area contributed by atoms with E-state index in [2.05, 4.69) is 264 Å². The lowest BCUT2D eigenvalue weighted by molar-refractivity contribution is 0.768. The zero-order valence-electron chi connectivity index (χ0n) is 37.1. The minimum atomic E-state index is -0.472. The van der Waals surface area contributed by atoms with E-state index in [1.807, 2.05) is 11.3 Å². The van der Waals surface area contributed by atoms with Gasteiger partial charge in [-0.15, -0.1) is 11.3 Å². The van der Waals surface area contributed by atoms with Crippen LogP contribution in [0.5, 0.6) is 0 Å². The van der Waals surface area contributed by atoms with E-state index >= 15 is 0 Å². The summed E-state index contributed by atoms with van der Waals surface area (Å²) in [5, 5.41) is 7.51. The van der Waals surface area contributed by atoms with Crippen LogP contribution in [0.4, 0.5) is 17.1 Å². The highest BCUT2D eigenvalue weighted by Gasteiger charge is 2.45. The average Bonchev–Trinajstić information content (AvgIpc) is 4.06. The van der Waals surface area contributed by atoms with E-state index in [0.29, 0.717) is 0 Å². The molecule has 68 heavy (non-hydrogen) atoms. The molecule has 0 fully saturated rings. The molecule has 0 aliphatic heterocycles. The van der Waals surface area contributed by atoms with E-state index in [1.165, 1.54) is 97.3 Å². The topological polar surface area (TPSA) is 8.17 Å². The molecule has 14 rings (SSSR count). The summed E-state index contributed by atoms with van der Waals surface area (Å²) in [6.07, 6.45) is 0. The van der Waals surface area contributed by atoms with Crippen LogP contribution in [0.25, 0.3) is 80.7 Å². The summed E-state index contributed by atoms with van der Waals surface area (Å²) in [4.78, 5) is 2.42. The molecule has 3 heteroatoms. The largest absolute Gasteiger partial charge is 0.310 e. The van der Waals surface area contributed by atoms with Gasteiger partial charge in [-0.1, -0.05) is 176 Å². The number of benzene rings is 11. The van der Waals surface area contributed by atoms with Crippen molar-refractivity contribution < 1.29 is 0 Å². The number of hydrogen-bond donors (Lipinski definition) is 0. The normalized spacial score (nSPS) is 12.8. The minimum Gasteiger partial charge on any atom is -0.310 e. The van der Waals surface area contributed by atoms with Gasteiger partial charge in [0, 0.05) is 59.1 Å². The van der Waals surface area contributed by atoms with Crippen molar-refractivity contribution in [3.8, 4) is 27.9 Å². The van der Waals surface area contributed by atoms with Crippen molar-refractivity contribution in [1.29, 1.82) is 0 Å². The fourth-order valence-electron chi connectivity index (χ4n) is 11.6. The second kappa shape index (κ2) is 15.3. The van der Waals surface area contributed by atoms with Crippen LogP contribution in [0.2, 0.25) is 0 Å². The quantitative estimate of drug-likeness (QED) is 0.155. The van der Waals surface area contributed by atoms with Gasteiger partial charge in [0.1, 0.15) is 0 Å². The van der Waals surface area contributed by atoms with Crippen LogP contribution < -0.4 is 4.90 Å². The summed E-state index contributed by atoms with van der Waals surface area (Å²) in [5.41, 5.74) is 16.5. The molecule has 2 nitrogen and oxygen atoms in total. The van der Waals surface area contributed by atoms with Crippen LogP contribution in [-0.2, 0) is 5.41 Å². The molecule has 0 saturated heterocycles. The van der Waals surface area contributed by atoms with Crippen molar-refractivity contribution in [2.24, 2.45) is 0 Å². The van der Waals surface area contributed by atoms with E-state index in [0.717, 1.165) is 22.7 Å². The monoisotopic (exact) mass is 882 g/mol. The Morgan fingerprint density at radius 1 is 0.368 bits per heavy atom. The molecule has 0 atom stereocenters. The Morgan fingerprint density at radius 2 is 0.941 bits per heavy atom. The van der Waals surface area contributed by atoms with Crippen molar-refractivity contribution in [3.05, 3.63) is 277 Å². The molecule has 1 aliphatic rings. The van der Waals surface area contributed by atoms with Crippen LogP contribution in [0.15, 0.2) is 255 Å². The lowest BCUT2D eigenvalue weighted by Gasteiger charge is -2.34. The van der Waals surface area contributed by atoms with E-state index in [-0.39, 0.29) is 0 Å². The summed E-state index contributed by atoms with van der Waals surface area (Å²) >= 11 is 1.87. The molecular formula is C65H42N2S. The van der Waals surface area contributed by atoms with Crippen LogP contribution in [0, 0.1) is 0 Å². The highest BCUT2D eigenvalue weighted by atomic mass is 32.1. The molecule has 318 valence electrons. The SMILES string of the molecule is c1ccc(N(c2ccc(C3(c4ccccc4)c4ccccc4-c4ccccc43)cc2)c2ccc3c(c2)c2c(-c4ccc5sc6ccccc6c5c4)cc4ccccc4c2n3-c2ccccc2)cc1. The number of para-hydroxylation sites is 2. The molecule has 11 aromatic carbocycles. The fourth-order valence-corrected chi connectivity index (χ4v) is 12.7. The van der Waals surface area contributed by atoms with Crippen molar-refractivity contribution in [2.75, 3.05) is 4.90 Å². The highest BCUT2D eigenvalue weighted by molar-refractivity contribution is 7.25. The third-order valence-corrected chi connectivity index (χ3v) is 15.6. The van der Waals surface area contributed by atoms with Gasteiger partial charge in [-0.2, -0.15) is 0 Å². The van der Waals surface area contributed by atoms with Gasteiger partial charge in [0.25, 0.3) is 0 Å². The van der Waals surface area contributed by atoms with Crippen LogP contribution in [0.1, 0.15) is 22.3 Å². The number of hydrogen-bond acceptors (Lipinski definition) is 2. The lowest BCUT2D eigenvalue weighted by Crippen LogP contribution is -2.28. The van der Waals surface area contributed by atoms with Gasteiger partial charge in [0.15, 0.2) is 0 Å². The van der Waals surface area contributed by atoms with Gasteiger partial charge in [-0.05, 0) is 129 Å². The Balaban J connectivity index is 1.01. The Morgan fingerprint density at radius 3 is 1.69 bits per heavy atom. The number of nitrogens with zero attached hydrogens (tertiary/aromatic N) is 2. The van der Waals surface area contributed by atoms with Crippen molar-refractivity contribution >= 4 is 81.1 Å². The molecule has 0 saturated carbocycles. The molecule has 0 N–H and O–H groups in total. The molecule has 0 radical (unpaired) electrons. The van der Waals surface area contributed by atoms with Crippen molar-refractivity contribution in [1.82, 2.24) is 4.57 Å². The van der Waals surface area contributed by atoms with Crippen LogP contribution in [-0.4, -0.2) is 4.57 Å². The highest BCUT2D eigenvalue weighted by Crippen LogP contribution is 2.56. The molecular weight excluding hydrogens is 841 g/mol. The first-order valence-corrected chi connectivity index (χ1v) is 24.2. The smallest absolute Gasteiger partial charge is 0.0713 e. The third-order valence-electron chi connectivity index (χ3n) is 14.4. The Bertz CT molecular complexity index is 4030. The first-order valence-electron chi connectivity index (χ1n) is 23.4. The van der Waals surface area contributed by atoms with Gasteiger partial charge < -0.3 is 9.47 Å². The summed E-state index contributed by atoms with van der Waals surface area (Å²) < 4.78 is 5.11. The van der Waals surface area contributed by atoms with Crippen molar-refractivity contribution in [3.63, 3.8) is 0 Å². The first-order chi connectivity index (χ1) is 33.7. The molecule has 0 unspecified atom stereocenters. The second-order valence-corrected chi connectivity index (χ2v) is 19.1. The zero-order valence-corrected chi connectivity index (χ0v) is 37.9. The van der Waals surface area contributed by atoms with Crippen LogP contribution in [0.3, 0.4) is 0 Å².